The van der Waals surface area contributed by atoms with Crippen molar-refractivity contribution < 1.29 is 4.79 Å². The number of hydrazine groups is 1. The van der Waals surface area contributed by atoms with E-state index in [2.05, 4.69) is 25.9 Å². The first-order valence-corrected chi connectivity index (χ1v) is 5.16. The third-order valence-corrected chi connectivity index (χ3v) is 4.46. The Bertz CT molecular complexity index is 308. The molecule has 3 heteroatoms. The van der Waals surface area contributed by atoms with Crippen molar-refractivity contribution in [1.29, 1.82) is 0 Å². The van der Waals surface area contributed by atoms with E-state index in [9.17, 15) is 4.79 Å². The molecule has 0 aliphatic heterocycles. The highest BCUT2D eigenvalue weighted by atomic mass is 16.2. The molecule has 0 heterocycles. The van der Waals surface area contributed by atoms with E-state index in [1.807, 2.05) is 0 Å². The molecular weight excluding hydrogens is 176 g/mol. The number of fused-ring (bicyclic) bond motifs is 2. The van der Waals surface area contributed by atoms with E-state index >= 15 is 0 Å². The van der Waals surface area contributed by atoms with Gasteiger partial charge < -0.3 is 0 Å². The van der Waals surface area contributed by atoms with E-state index in [0.29, 0.717) is 5.92 Å². The van der Waals surface area contributed by atoms with Crippen molar-refractivity contribution in [2.75, 3.05) is 0 Å². The molecular formula is C11H18N2O. The van der Waals surface area contributed by atoms with Gasteiger partial charge in [0.1, 0.15) is 0 Å². The molecule has 0 aromatic carbocycles. The van der Waals surface area contributed by atoms with Gasteiger partial charge in [0.2, 0.25) is 5.91 Å². The van der Waals surface area contributed by atoms with Crippen LogP contribution in [0.4, 0.5) is 0 Å². The number of carbonyl (C=O) groups is 1. The topological polar surface area (TPSA) is 55.1 Å². The van der Waals surface area contributed by atoms with Crippen LogP contribution in [0.25, 0.3) is 0 Å². The average Bonchev–Trinajstić information content (AvgIpc) is 2.66. The second-order valence-electron chi connectivity index (χ2n) is 5.20. The fourth-order valence-corrected chi connectivity index (χ4v) is 3.28. The lowest BCUT2D eigenvalue weighted by Gasteiger charge is -2.36. The first-order valence-electron chi connectivity index (χ1n) is 5.16. The van der Waals surface area contributed by atoms with Crippen LogP contribution in [0, 0.1) is 16.7 Å². The van der Waals surface area contributed by atoms with Crippen LogP contribution < -0.4 is 11.3 Å². The zero-order valence-electron chi connectivity index (χ0n) is 8.89. The summed E-state index contributed by atoms with van der Waals surface area (Å²) in [6.45, 7) is 8.48. The number of nitrogens with two attached hydrogens (primary N) is 1. The second kappa shape index (κ2) is 2.60. The lowest BCUT2D eigenvalue weighted by molar-refractivity contribution is -0.128. The predicted octanol–water partition coefficient (Wildman–Crippen LogP) is 1.36. The van der Waals surface area contributed by atoms with Crippen LogP contribution in [-0.2, 0) is 4.79 Å². The Morgan fingerprint density at radius 2 is 2.29 bits per heavy atom. The van der Waals surface area contributed by atoms with Crippen molar-refractivity contribution in [1.82, 2.24) is 5.43 Å². The maximum Gasteiger partial charge on any atom is 0.244 e. The van der Waals surface area contributed by atoms with Crippen LogP contribution in [0.15, 0.2) is 12.2 Å². The molecule has 1 amide bonds. The smallest absolute Gasteiger partial charge is 0.244 e. The lowest BCUT2D eigenvalue weighted by Crippen LogP contribution is -2.44. The first kappa shape index (κ1) is 9.71. The van der Waals surface area contributed by atoms with Gasteiger partial charge in [-0.3, -0.25) is 10.2 Å². The highest BCUT2D eigenvalue weighted by Crippen LogP contribution is 2.65. The van der Waals surface area contributed by atoms with Gasteiger partial charge in [0.15, 0.2) is 0 Å². The normalized spacial score (nSPS) is 38.8. The summed E-state index contributed by atoms with van der Waals surface area (Å²) in [5, 5.41) is 0. The Hall–Kier alpha value is -0.830. The lowest BCUT2D eigenvalue weighted by atomic mass is 9.68. The number of rotatable bonds is 1. The Morgan fingerprint density at radius 1 is 1.64 bits per heavy atom. The highest BCUT2D eigenvalue weighted by Gasteiger charge is 2.60. The molecule has 78 valence electrons. The quantitative estimate of drug-likeness (QED) is 0.286. The van der Waals surface area contributed by atoms with Gasteiger partial charge in [-0.05, 0) is 30.6 Å². The van der Waals surface area contributed by atoms with Crippen LogP contribution in [0.3, 0.4) is 0 Å². The Labute approximate surface area is 84.7 Å². The Morgan fingerprint density at radius 3 is 2.71 bits per heavy atom. The molecule has 3 N–H and O–H groups in total. The van der Waals surface area contributed by atoms with Gasteiger partial charge in [0.05, 0.1) is 5.41 Å². The summed E-state index contributed by atoms with van der Waals surface area (Å²) in [4.78, 5) is 11.8. The summed E-state index contributed by atoms with van der Waals surface area (Å²) in [7, 11) is 0. The van der Waals surface area contributed by atoms with Crippen molar-refractivity contribution in [3.05, 3.63) is 12.2 Å². The van der Waals surface area contributed by atoms with Crippen LogP contribution in [0.5, 0.6) is 0 Å². The third-order valence-electron chi connectivity index (χ3n) is 4.46. The molecule has 2 aliphatic carbocycles. The van der Waals surface area contributed by atoms with Gasteiger partial charge in [-0.25, -0.2) is 5.84 Å². The van der Waals surface area contributed by atoms with E-state index in [-0.39, 0.29) is 16.7 Å². The Kier molecular flexibility index (Phi) is 1.80. The standard InChI is InChI=1S/C11H18N2O/c1-7-10(2,3)8-4-5-11(7,6-8)9(14)13-12/h8H,1,4-6,12H2,2-3H3,(H,13,14). The van der Waals surface area contributed by atoms with Crippen molar-refractivity contribution in [2.24, 2.45) is 22.6 Å². The minimum atomic E-state index is -0.358. The number of hydrogen-bond donors (Lipinski definition) is 2. The van der Waals surface area contributed by atoms with E-state index in [0.717, 1.165) is 24.8 Å². The van der Waals surface area contributed by atoms with Crippen LogP contribution in [-0.4, -0.2) is 5.91 Å². The first-order chi connectivity index (χ1) is 6.45. The van der Waals surface area contributed by atoms with Crippen LogP contribution in [0.1, 0.15) is 33.1 Å². The SMILES string of the molecule is C=C1C2(C(=O)NN)CCC(C2)C1(C)C. The van der Waals surface area contributed by atoms with E-state index in [4.69, 9.17) is 5.84 Å². The van der Waals surface area contributed by atoms with E-state index < -0.39 is 0 Å². The number of amides is 1. The summed E-state index contributed by atoms with van der Waals surface area (Å²) < 4.78 is 0. The minimum absolute atomic E-state index is 0.0458. The van der Waals surface area contributed by atoms with Gasteiger partial charge in [-0.1, -0.05) is 26.0 Å². The number of carbonyl (C=O) groups excluding carboxylic acids is 1. The molecule has 2 rings (SSSR count). The molecule has 0 aromatic rings. The summed E-state index contributed by atoms with van der Waals surface area (Å²) in [6, 6.07) is 0. The molecule has 0 aromatic heterocycles. The third kappa shape index (κ3) is 0.883. The number of hydrogen-bond acceptors (Lipinski definition) is 2. The molecule has 2 fully saturated rings. The van der Waals surface area contributed by atoms with E-state index in [1.54, 1.807) is 0 Å². The van der Waals surface area contributed by atoms with Crippen LogP contribution >= 0.6 is 0 Å². The summed E-state index contributed by atoms with van der Waals surface area (Å²) >= 11 is 0. The van der Waals surface area contributed by atoms with Crippen molar-refractivity contribution in [2.45, 2.75) is 33.1 Å². The average molecular weight is 194 g/mol. The summed E-state index contributed by atoms with van der Waals surface area (Å²) in [5.41, 5.74) is 3.11. The second-order valence-corrected chi connectivity index (χ2v) is 5.20. The molecule has 2 aliphatic rings. The monoisotopic (exact) mass is 194 g/mol. The molecule has 3 nitrogen and oxygen atoms in total. The largest absolute Gasteiger partial charge is 0.294 e. The van der Waals surface area contributed by atoms with Gasteiger partial charge in [-0.15, -0.1) is 0 Å². The molecule has 2 unspecified atom stereocenters. The summed E-state index contributed by atoms with van der Waals surface area (Å²) in [5.74, 6) is 5.80. The van der Waals surface area contributed by atoms with Gasteiger partial charge >= 0.3 is 0 Å². The van der Waals surface area contributed by atoms with Crippen molar-refractivity contribution in [3.63, 3.8) is 0 Å². The fourth-order valence-electron chi connectivity index (χ4n) is 3.28. The molecule has 0 radical (unpaired) electrons. The van der Waals surface area contributed by atoms with Gasteiger partial charge in [0.25, 0.3) is 0 Å². The Balaban J connectivity index is 2.40. The zero-order valence-corrected chi connectivity index (χ0v) is 8.89. The highest BCUT2D eigenvalue weighted by molar-refractivity contribution is 5.87. The molecule has 0 saturated heterocycles. The van der Waals surface area contributed by atoms with Crippen molar-refractivity contribution >= 4 is 5.91 Å². The van der Waals surface area contributed by atoms with E-state index in [1.165, 1.54) is 0 Å². The van der Waals surface area contributed by atoms with Crippen LogP contribution in [0.2, 0.25) is 0 Å². The molecule has 2 bridgehead atoms. The summed E-state index contributed by atoms with van der Waals surface area (Å²) in [6.07, 6.45) is 2.98. The zero-order chi connectivity index (χ0) is 10.6. The molecule has 2 saturated carbocycles. The maximum atomic E-state index is 11.8. The van der Waals surface area contributed by atoms with Crippen molar-refractivity contribution in [3.8, 4) is 0 Å². The van der Waals surface area contributed by atoms with Gasteiger partial charge in [0, 0.05) is 0 Å². The number of nitrogens with one attached hydrogen (secondary N) is 1. The predicted molar refractivity (Wildman–Crippen MR) is 55.0 cm³/mol. The molecule has 14 heavy (non-hydrogen) atoms. The maximum absolute atomic E-state index is 11.8. The van der Waals surface area contributed by atoms with Gasteiger partial charge in [-0.2, -0.15) is 0 Å². The fraction of sp³-hybridized carbons (Fsp3) is 0.727. The molecule has 2 atom stereocenters. The minimum Gasteiger partial charge on any atom is -0.294 e. The molecule has 0 spiro atoms.